The van der Waals surface area contributed by atoms with E-state index in [2.05, 4.69) is 68.5 Å². The number of thiophene rings is 1. The molecule has 1 unspecified atom stereocenters. The molecule has 4 nitrogen and oxygen atoms in total. The summed E-state index contributed by atoms with van der Waals surface area (Å²) in [6, 6.07) is 39.1. The number of para-hydroxylation sites is 1. The van der Waals surface area contributed by atoms with Gasteiger partial charge >= 0.3 is 0 Å². The molecule has 0 radical (unpaired) electrons. The van der Waals surface area contributed by atoms with Gasteiger partial charge in [-0.25, -0.2) is 14.4 Å². The number of pyridine rings is 2. The second kappa shape index (κ2) is 9.21. The van der Waals surface area contributed by atoms with Crippen LogP contribution in [-0.4, -0.2) is 18.9 Å². The Bertz CT molecular complexity index is 2810. The minimum absolute atomic E-state index is 0.597. The van der Waals surface area contributed by atoms with Crippen LogP contribution in [-0.2, 0) is 0 Å². The Kier molecular flexibility index (Phi) is 5.08. The molecule has 5 heterocycles. The molecule has 10 aromatic rings. The Morgan fingerprint density at radius 2 is 1.38 bits per heavy atom. The lowest BCUT2D eigenvalue weighted by Gasteiger charge is -2.14. The molecule has 0 aliphatic carbocycles. The van der Waals surface area contributed by atoms with E-state index in [0.717, 1.165) is 49.6 Å². The average Bonchev–Trinajstić information content (AvgIpc) is 3.82. The topological polar surface area (TPSA) is 35.1 Å². The van der Waals surface area contributed by atoms with Gasteiger partial charge in [-0.15, -0.1) is 11.3 Å². The molecule has 0 saturated heterocycles. The number of hydrogen-bond donors (Lipinski definition) is 0. The van der Waals surface area contributed by atoms with Gasteiger partial charge in [-0.1, -0.05) is 60.7 Å². The summed E-state index contributed by atoms with van der Waals surface area (Å²) >= 11 is 1.81. The zero-order valence-corrected chi connectivity index (χ0v) is 24.7. The molecule has 0 aliphatic rings. The van der Waals surface area contributed by atoms with Gasteiger partial charge in [-0.05, 0) is 71.1 Å². The maximum Gasteiger partial charge on any atom is 0.150 e. The van der Waals surface area contributed by atoms with E-state index < -0.39 is 6.17 Å². The number of aromatic nitrogens is 4. The van der Waals surface area contributed by atoms with Crippen molar-refractivity contribution < 1.29 is 4.39 Å². The van der Waals surface area contributed by atoms with Crippen molar-refractivity contribution in [3.05, 3.63) is 145 Å². The number of alkyl halides is 1. The predicted octanol–water partition coefficient (Wildman–Crippen LogP) is 10.6. The summed E-state index contributed by atoms with van der Waals surface area (Å²) in [5.74, 6) is 0. The number of nitrogens with zero attached hydrogens (tertiary/aromatic N) is 4. The third kappa shape index (κ3) is 3.45. The summed E-state index contributed by atoms with van der Waals surface area (Å²) in [4.78, 5) is 9.49. The normalized spacial score (nSPS) is 12.9. The molecule has 1 atom stereocenters. The molecular weight excluding hydrogens is 576 g/mol. The van der Waals surface area contributed by atoms with E-state index in [4.69, 9.17) is 4.98 Å². The van der Waals surface area contributed by atoms with Gasteiger partial charge in [-0.2, -0.15) is 0 Å². The highest BCUT2D eigenvalue weighted by Gasteiger charge is 2.21. The van der Waals surface area contributed by atoms with E-state index in [1.807, 2.05) is 84.4 Å². The predicted molar refractivity (Wildman–Crippen MR) is 185 cm³/mol. The van der Waals surface area contributed by atoms with Crippen LogP contribution in [0.3, 0.4) is 0 Å². The molecule has 0 aliphatic heterocycles. The number of fused-ring (bicyclic) bond motifs is 13. The summed E-state index contributed by atoms with van der Waals surface area (Å²) in [5.41, 5.74) is 5.92. The maximum absolute atomic E-state index is 16.6. The quantitative estimate of drug-likeness (QED) is 0.190. The molecule has 0 fully saturated rings. The first-order valence-corrected chi connectivity index (χ1v) is 15.8. The molecule has 5 aromatic heterocycles. The van der Waals surface area contributed by atoms with Crippen LogP contribution in [0.4, 0.5) is 4.39 Å². The number of benzene rings is 5. The highest BCUT2D eigenvalue weighted by Crippen LogP contribution is 2.43. The van der Waals surface area contributed by atoms with E-state index in [9.17, 15) is 0 Å². The Morgan fingerprint density at radius 3 is 2.33 bits per heavy atom. The van der Waals surface area contributed by atoms with Crippen LogP contribution in [0, 0.1) is 0 Å². The van der Waals surface area contributed by atoms with E-state index in [1.165, 1.54) is 25.6 Å². The first-order chi connectivity index (χ1) is 22.2. The summed E-state index contributed by atoms with van der Waals surface area (Å²) in [6.07, 6.45) is 4.28. The Morgan fingerprint density at radius 1 is 0.556 bits per heavy atom. The van der Waals surface area contributed by atoms with Crippen LogP contribution in [0.25, 0.3) is 75.1 Å². The van der Waals surface area contributed by atoms with Crippen LogP contribution >= 0.6 is 11.3 Å². The lowest BCUT2D eigenvalue weighted by molar-refractivity contribution is 0.402. The van der Waals surface area contributed by atoms with Gasteiger partial charge in [0.05, 0.1) is 11.0 Å². The van der Waals surface area contributed by atoms with Crippen molar-refractivity contribution in [3.63, 3.8) is 0 Å². The highest BCUT2D eigenvalue weighted by atomic mass is 32.1. The minimum Gasteiger partial charge on any atom is -0.299 e. The van der Waals surface area contributed by atoms with Crippen LogP contribution in [0.5, 0.6) is 0 Å². The SMILES string of the molecule is FC(c1cccc(-n2c3ccc4sc5ccccc5c4c3c3cccnc32)c1)c1ccc2c3ccccc3n3ccnc3c2c1. The zero-order valence-electron chi connectivity index (χ0n) is 23.9. The van der Waals surface area contributed by atoms with Crippen molar-refractivity contribution in [3.8, 4) is 5.69 Å². The van der Waals surface area contributed by atoms with Gasteiger partial charge in [-0.3, -0.25) is 8.97 Å². The summed E-state index contributed by atoms with van der Waals surface area (Å²) < 4.78 is 23.3. The number of rotatable bonds is 3. The fourth-order valence-electron chi connectivity index (χ4n) is 7.17. The van der Waals surface area contributed by atoms with Crippen molar-refractivity contribution in [1.29, 1.82) is 0 Å². The first-order valence-electron chi connectivity index (χ1n) is 15.0. The lowest BCUT2D eigenvalue weighted by Crippen LogP contribution is -2.00. The van der Waals surface area contributed by atoms with Gasteiger partial charge in [0.1, 0.15) is 11.3 Å². The van der Waals surface area contributed by atoms with Crippen molar-refractivity contribution in [2.24, 2.45) is 0 Å². The Hall–Kier alpha value is -5.59. The minimum atomic E-state index is -1.32. The standard InChI is InChI=1S/C39H23FN4S/c40-37(24-14-15-26-27-9-1-3-12-31(27)43-20-19-42-38(43)30(26)22-24)23-7-5-8-25(21-23)44-32-16-17-34-36(28-10-2-4-13-33(28)45-34)35(32)29-11-6-18-41-39(29)44/h1-22,37H. The van der Waals surface area contributed by atoms with E-state index in [-0.39, 0.29) is 0 Å². The van der Waals surface area contributed by atoms with E-state index in [0.29, 0.717) is 11.1 Å². The molecule has 10 rings (SSSR count). The molecule has 0 spiro atoms. The van der Waals surface area contributed by atoms with Crippen LogP contribution in [0.1, 0.15) is 17.3 Å². The van der Waals surface area contributed by atoms with Crippen molar-refractivity contribution >= 4 is 80.8 Å². The van der Waals surface area contributed by atoms with Crippen molar-refractivity contribution in [1.82, 2.24) is 18.9 Å². The second-order valence-corrected chi connectivity index (χ2v) is 12.6. The fourth-order valence-corrected chi connectivity index (χ4v) is 8.29. The molecule has 5 aromatic carbocycles. The molecule has 0 bridgehead atoms. The van der Waals surface area contributed by atoms with Crippen LogP contribution < -0.4 is 0 Å². The number of imidazole rings is 1. The van der Waals surface area contributed by atoms with E-state index >= 15 is 4.39 Å². The Balaban J connectivity index is 1.16. The molecule has 0 saturated carbocycles. The first kappa shape index (κ1) is 24.8. The fraction of sp³-hybridized carbons (Fsp3) is 0.0256. The van der Waals surface area contributed by atoms with Gasteiger partial charge in [0.25, 0.3) is 0 Å². The molecule has 0 amide bonds. The third-order valence-corrected chi connectivity index (χ3v) is 10.3. The zero-order chi connectivity index (χ0) is 29.6. The smallest absolute Gasteiger partial charge is 0.150 e. The average molecular weight is 599 g/mol. The summed E-state index contributed by atoms with van der Waals surface area (Å²) in [6.45, 7) is 0. The van der Waals surface area contributed by atoms with Gasteiger partial charge < -0.3 is 0 Å². The Labute approximate surface area is 260 Å². The lowest BCUT2D eigenvalue weighted by atomic mass is 9.98. The third-order valence-electron chi connectivity index (χ3n) is 9.12. The maximum atomic E-state index is 16.6. The molecule has 45 heavy (non-hydrogen) atoms. The number of halogens is 1. The summed E-state index contributed by atoms with van der Waals surface area (Å²) in [7, 11) is 0. The molecule has 0 N–H and O–H groups in total. The monoisotopic (exact) mass is 598 g/mol. The van der Waals surface area contributed by atoms with Crippen molar-refractivity contribution in [2.45, 2.75) is 6.17 Å². The second-order valence-electron chi connectivity index (χ2n) is 11.5. The molecule has 212 valence electrons. The van der Waals surface area contributed by atoms with Crippen molar-refractivity contribution in [2.75, 3.05) is 0 Å². The summed E-state index contributed by atoms with van der Waals surface area (Å²) in [5, 5.41) is 7.90. The van der Waals surface area contributed by atoms with Gasteiger partial charge in [0, 0.05) is 66.0 Å². The van der Waals surface area contributed by atoms with Gasteiger partial charge in [0.15, 0.2) is 6.17 Å². The van der Waals surface area contributed by atoms with Crippen LogP contribution in [0.2, 0.25) is 0 Å². The van der Waals surface area contributed by atoms with E-state index in [1.54, 1.807) is 6.20 Å². The highest BCUT2D eigenvalue weighted by molar-refractivity contribution is 7.26. The van der Waals surface area contributed by atoms with Gasteiger partial charge in [0.2, 0.25) is 0 Å². The number of hydrogen-bond acceptors (Lipinski definition) is 3. The van der Waals surface area contributed by atoms with Crippen LogP contribution in [0.15, 0.2) is 134 Å². The molecular formula is C39H23FN4S. The largest absolute Gasteiger partial charge is 0.299 e. The molecule has 6 heteroatoms.